The van der Waals surface area contributed by atoms with Crippen LogP contribution >= 0.6 is 11.6 Å². The first-order valence-corrected chi connectivity index (χ1v) is 15.9. The highest BCUT2D eigenvalue weighted by Crippen LogP contribution is 2.42. The third kappa shape index (κ3) is 7.27. The van der Waals surface area contributed by atoms with Crippen LogP contribution in [0.15, 0.2) is 42.6 Å². The lowest BCUT2D eigenvalue weighted by atomic mass is 10.0. The van der Waals surface area contributed by atoms with Crippen LogP contribution in [-0.4, -0.2) is 86.6 Å². The third-order valence-electron chi connectivity index (χ3n) is 8.27. The first kappa shape index (κ1) is 30.9. The molecule has 0 spiro atoms. The molecule has 6 rings (SSSR count). The number of anilines is 1. The SMILES string of the molecule is CC(C)(C)OC(=O)N(c1cc(Cl)nc2c(C3CC3)cnn12)C1CCN(C(=O)OC2CCN(C(=O)OCc3ccccc3)C2)CC1. The van der Waals surface area contributed by atoms with Gasteiger partial charge in [-0.3, -0.25) is 4.90 Å². The number of rotatable bonds is 6. The van der Waals surface area contributed by atoms with Crippen molar-refractivity contribution in [2.75, 3.05) is 31.1 Å². The smallest absolute Gasteiger partial charge is 0.416 e. The standard InChI is InChI=1S/C32H39ClN6O6/c1-32(2,3)45-31(42)38(27-17-26(33)35-28-25(22-9-10-22)18-34-39(27)28)23-11-14-36(15-12-23)30(41)44-24-13-16-37(19-24)29(40)43-20-21-7-5-4-6-8-21/h4-8,17-18,22-24H,9-16,19-20H2,1-3H3. The molecule has 13 heteroatoms. The summed E-state index contributed by atoms with van der Waals surface area (Å²) < 4.78 is 18.7. The molecule has 1 aromatic carbocycles. The van der Waals surface area contributed by atoms with Crippen LogP contribution in [-0.2, 0) is 20.8 Å². The topological polar surface area (TPSA) is 119 Å². The van der Waals surface area contributed by atoms with Gasteiger partial charge in [0.1, 0.15) is 29.3 Å². The summed E-state index contributed by atoms with van der Waals surface area (Å²) in [5.74, 6) is 0.884. The van der Waals surface area contributed by atoms with E-state index in [1.54, 1.807) is 31.5 Å². The van der Waals surface area contributed by atoms with Gasteiger partial charge in [-0.25, -0.2) is 19.4 Å². The summed E-state index contributed by atoms with van der Waals surface area (Å²) in [6.07, 6.45) is 3.71. The highest BCUT2D eigenvalue weighted by atomic mass is 35.5. The lowest BCUT2D eigenvalue weighted by molar-refractivity contribution is 0.0493. The van der Waals surface area contributed by atoms with Crippen molar-refractivity contribution in [3.63, 3.8) is 0 Å². The van der Waals surface area contributed by atoms with E-state index in [2.05, 4.69) is 10.1 Å². The Labute approximate surface area is 267 Å². The molecule has 0 radical (unpaired) electrons. The number of benzene rings is 1. The Morgan fingerprint density at radius 2 is 1.69 bits per heavy atom. The number of piperidine rings is 1. The van der Waals surface area contributed by atoms with Crippen LogP contribution in [0.3, 0.4) is 0 Å². The van der Waals surface area contributed by atoms with E-state index in [9.17, 15) is 14.4 Å². The van der Waals surface area contributed by atoms with E-state index in [0.29, 0.717) is 56.3 Å². The maximum absolute atomic E-state index is 13.7. The molecule has 12 nitrogen and oxygen atoms in total. The molecule has 2 aliphatic heterocycles. The average Bonchev–Trinajstić information content (AvgIpc) is 3.58. The highest BCUT2D eigenvalue weighted by Gasteiger charge is 2.38. The molecular weight excluding hydrogens is 600 g/mol. The van der Waals surface area contributed by atoms with Gasteiger partial charge in [-0.1, -0.05) is 41.9 Å². The van der Waals surface area contributed by atoms with Gasteiger partial charge in [-0.15, -0.1) is 0 Å². The normalized spacial score (nSPS) is 19.1. The summed E-state index contributed by atoms with van der Waals surface area (Å²) in [4.78, 5) is 48.7. The fourth-order valence-corrected chi connectivity index (χ4v) is 6.03. The van der Waals surface area contributed by atoms with E-state index in [-0.39, 0.29) is 24.3 Å². The number of fused-ring (bicyclic) bond motifs is 1. The fraction of sp³-hybridized carbons (Fsp3) is 0.531. The Bertz CT molecular complexity index is 1550. The van der Waals surface area contributed by atoms with Crippen LogP contribution in [0.1, 0.15) is 69.9 Å². The van der Waals surface area contributed by atoms with Gasteiger partial charge < -0.3 is 24.0 Å². The van der Waals surface area contributed by atoms with E-state index in [1.165, 1.54) is 0 Å². The van der Waals surface area contributed by atoms with E-state index in [0.717, 1.165) is 24.0 Å². The van der Waals surface area contributed by atoms with Gasteiger partial charge in [-0.05, 0) is 57.9 Å². The molecule has 0 bridgehead atoms. The molecule has 1 unspecified atom stereocenters. The van der Waals surface area contributed by atoms with Crippen molar-refractivity contribution in [3.8, 4) is 0 Å². The molecule has 3 aromatic rings. The molecule has 45 heavy (non-hydrogen) atoms. The van der Waals surface area contributed by atoms with Crippen LogP contribution in [0.2, 0.25) is 5.15 Å². The maximum atomic E-state index is 13.7. The van der Waals surface area contributed by atoms with Crippen LogP contribution in [0.4, 0.5) is 20.2 Å². The molecule has 3 amide bonds. The summed E-state index contributed by atoms with van der Waals surface area (Å²) in [6.45, 7) is 7.16. The average molecular weight is 639 g/mol. The number of hydrogen-bond acceptors (Lipinski definition) is 8. The van der Waals surface area contributed by atoms with E-state index >= 15 is 0 Å². The van der Waals surface area contributed by atoms with E-state index in [4.69, 9.17) is 25.8 Å². The molecule has 240 valence electrons. The number of carbonyl (C=O) groups is 3. The minimum absolute atomic E-state index is 0.190. The first-order chi connectivity index (χ1) is 21.6. The monoisotopic (exact) mass is 638 g/mol. The van der Waals surface area contributed by atoms with Crippen LogP contribution in [0.25, 0.3) is 5.65 Å². The zero-order valence-electron chi connectivity index (χ0n) is 25.9. The van der Waals surface area contributed by atoms with Crippen molar-refractivity contribution in [1.82, 2.24) is 24.4 Å². The second-order valence-corrected chi connectivity index (χ2v) is 13.3. The molecule has 3 fully saturated rings. The van der Waals surface area contributed by atoms with Crippen LogP contribution in [0.5, 0.6) is 0 Å². The quantitative estimate of drug-likeness (QED) is 0.238. The van der Waals surface area contributed by atoms with Gasteiger partial charge >= 0.3 is 18.3 Å². The van der Waals surface area contributed by atoms with Crippen molar-refractivity contribution in [1.29, 1.82) is 0 Å². The summed E-state index contributed by atoms with van der Waals surface area (Å²) in [7, 11) is 0. The Morgan fingerprint density at radius 1 is 0.978 bits per heavy atom. The van der Waals surface area contributed by atoms with Crippen molar-refractivity contribution >= 4 is 41.3 Å². The summed E-state index contributed by atoms with van der Waals surface area (Å²) >= 11 is 6.49. The Kier molecular flexibility index (Phi) is 8.76. The Morgan fingerprint density at radius 3 is 2.38 bits per heavy atom. The number of carbonyl (C=O) groups excluding carboxylic acids is 3. The van der Waals surface area contributed by atoms with E-state index in [1.807, 2.05) is 51.1 Å². The lowest BCUT2D eigenvalue weighted by Crippen LogP contribution is -2.51. The molecule has 0 N–H and O–H groups in total. The fourth-order valence-electron chi connectivity index (χ4n) is 5.85. The van der Waals surface area contributed by atoms with Gasteiger partial charge in [0.25, 0.3) is 0 Å². The van der Waals surface area contributed by atoms with Gasteiger partial charge in [0.15, 0.2) is 5.65 Å². The Balaban J connectivity index is 1.08. The predicted octanol–water partition coefficient (Wildman–Crippen LogP) is 6.01. The lowest BCUT2D eigenvalue weighted by Gasteiger charge is -2.38. The van der Waals surface area contributed by atoms with Crippen molar-refractivity contribution in [2.45, 2.75) is 83.1 Å². The number of hydrogen-bond donors (Lipinski definition) is 0. The second kappa shape index (κ2) is 12.7. The molecule has 2 aromatic heterocycles. The molecular formula is C32H39ClN6O6. The predicted molar refractivity (Wildman–Crippen MR) is 166 cm³/mol. The number of halogens is 1. The number of aromatic nitrogens is 3. The molecule has 2 saturated heterocycles. The van der Waals surface area contributed by atoms with Crippen molar-refractivity contribution < 1.29 is 28.6 Å². The van der Waals surface area contributed by atoms with Crippen LogP contribution < -0.4 is 4.90 Å². The first-order valence-electron chi connectivity index (χ1n) is 15.5. The molecule has 3 aliphatic rings. The summed E-state index contributed by atoms with van der Waals surface area (Å²) in [6, 6.07) is 10.8. The zero-order valence-corrected chi connectivity index (χ0v) is 26.6. The second-order valence-electron chi connectivity index (χ2n) is 12.9. The molecule has 4 heterocycles. The molecule has 1 saturated carbocycles. The van der Waals surface area contributed by atoms with E-state index < -0.39 is 30.0 Å². The Hall–Kier alpha value is -4.06. The van der Waals surface area contributed by atoms with Gasteiger partial charge in [0, 0.05) is 43.7 Å². The minimum atomic E-state index is -0.720. The third-order valence-corrected chi connectivity index (χ3v) is 8.46. The van der Waals surface area contributed by atoms with Crippen molar-refractivity contribution in [3.05, 3.63) is 58.9 Å². The summed E-state index contributed by atoms with van der Waals surface area (Å²) in [5, 5.41) is 4.85. The van der Waals surface area contributed by atoms with Gasteiger partial charge in [0.05, 0.1) is 12.7 Å². The summed E-state index contributed by atoms with van der Waals surface area (Å²) in [5.41, 5.74) is 1.85. The number of amides is 3. The van der Waals surface area contributed by atoms with Crippen molar-refractivity contribution in [2.24, 2.45) is 0 Å². The largest absolute Gasteiger partial charge is 0.445 e. The molecule has 1 atom stereocenters. The number of nitrogens with zero attached hydrogens (tertiary/aromatic N) is 6. The minimum Gasteiger partial charge on any atom is -0.445 e. The van der Waals surface area contributed by atoms with Gasteiger partial charge in [0.2, 0.25) is 0 Å². The van der Waals surface area contributed by atoms with Gasteiger partial charge in [-0.2, -0.15) is 9.61 Å². The maximum Gasteiger partial charge on any atom is 0.416 e. The number of likely N-dealkylation sites (tertiary alicyclic amines) is 2. The molecule has 1 aliphatic carbocycles. The van der Waals surface area contributed by atoms with Crippen LogP contribution in [0, 0.1) is 0 Å². The number of ether oxygens (including phenoxy) is 3. The highest BCUT2D eigenvalue weighted by molar-refractivity contribution is 6.29. The zero-order chi connectivity index (χ0) is 31.7.